The Balaban J connectivity index is 1.06. The van der Waals surface area contributed by atoms with E-state index in [0.29, 0.717) is 23.4 Å². The lowest BCUT2D eigenvalue weighted by Gasteiger charge is -2.45. The summed E-state index contributed by atoms with van der Waals surface area (Å²) in [5, 5.41) is 15.5. The molecule has 11 heteroatoms. The van der Waals surface area contributed by atoms with Crippen LogP contribution in [0.4, 0.5) is 0 Å². The van der Waals surface area contributed by atoms with Gasteiger partial charge in [-0.1, -0.05) is 152 Å². The van der Waals surface area contributed by atoms with Gasteiger partial charge in [-0.05, 0) is 46.9 Å². The fourth-order valence-corrected chi connectivity index (χ4v) is 9.96. The van der Waals surface area contributed by atoms with E-state index >= 15 is 4.79 Å². The summed E-state index contributed by atoms with van der Waals surface area (Å²) < 4.78 is 29.3. The molecule has 0 unspecified atom stereocenters. The number of aromatic amines is 1. The smallest absolute Gasteiger partial charge is 0.286 e. The summed E-state index contributed by atoms with van der Waals surface area (Å²) in [7, 11) is 0. The van der Waals surface area contributed by atoms with Gasteiger partial charge >= 0.3 is 0 Å². The van der Waals surface area contributed by atoms with Crippen LogP contribution in [0.1, 0.15) is 56.6 Å². The zero-order valence-electron chi connectivity index (χ0n) is 36.9. The van der Waals surface area contributed by atoms with Crippen molar-refractivity contribution < 1.29 is 38.5 Å². The number of rotatable bonds is 14. The maximum Gasteiger partial charge on any atom is 0.286 e. The topological polar surface area (TPSA) is 124 Å². The molecule has 0 radical (unpaired) electrons. The van der Waals surface area contributed by atoms with Crippen molar-refractivity contribution in [3.8, 4) is 0 Å². The van der Waals surface area contributed by atoms with Gasteiger partial charge in [0.1, 0.15) is 31.0 Å². The number of nitrogens with one attached hydrogen (secondary N) is 1. The number of H-pyrrole nitrogens is 1. The summed E-state index contributed by atoms with van der Waals surface area (Å²) in [5.74, 6) is -1.10. The van der Waals surface area contributed by atoms with Crippen molar-refractivity contribution in [3.05, 3.63) is 214 Å². The molecule has 11 nitrogen and oxygen atoms in total. The van der Waals surface area contributed by atoms with Gasteiger partial charge in [-0.2, -0.15) is 0 Å². The van der Waals surface area contributed by atoms with E-state index in [9.17, 15) is 9.90 Å². The van der Waals surface area contributed by atoms with Gasteiger partial charge in [0, 0.05) is 45.2 Å². The summed E-state index contributed by atoms with van der Waals surface area (Å²) >= 11 is 0. The average molecular weight is 892 g/mol. The number of nitrogens with zero attached hydrogens (tertiary/aromatic N) is 2. The van der Waals surface area contributed by atoms with Crippen molar-refractivity contribution in [1.29, 1.82) is 0 Å². The Morgan fingerprint density at radius 1 is 0.627 bits per heavy atom. The van der Waals surface area contributed by atoms with Gasteiger partial charge in [-0.3, -0.25) is 14.4 Å². The molecule has 11 rings (SSSR count). The fourth-order valence-electron chi connectivity index (χ4n) is 9.96. The van der Waals surface area contributed by atoms with E-state index in [4.69, 9.17) is 23.8 Å². The zero-order chi connectivity index (χ0) is 45.4. The van der Waals surface area contributed by atoms with Crippen LogP contribution in [-0.4, -0.2) is 62.6 Å². The molecule has 67 heavy (non-hydrogen) atoms. The second-order valence-electron chi connectivity index (χ2n) is 17.4. The molecule has 2 amide bonds. The van der Waals surface area contributed by atoms with Crippen molar-refractivity contribution in [2.24, 2.45) is 0 Å². The van der Waals surface area contributed by atoms with Crippen molar-refractivity contribution >= 4 is 44.8 Å². The molecule has 8 aromatic rings. The van der Waals surface area contributed by atoms with Crippen molar-refractivity contribution in [3.63, 3.8) is 0 Å². The molecule has 1 fully saturated rings. The lowest BCUT2D eigenvalue weighted by Crippen LogP contribution is -2.58. The number of amides is 2. The number of benzene rings is 6. The highest BCUT2D eigenvalue weighted by molar-refractivity contribution is 6.50. The summed E-state index contributed by atoms with van der Waals surface area (Å²) in [4.78, 5) is 39.8. The van der Waals surface area contributed by atoms with Crippen LogP contribution in [0.3, 0.4) is 0 Å². The Morgan fingerprint density at radius 2 is 1.18 bits per heavy atom. The lowest BCUT2D eigenvalue weighted by molar-refractivity contribution is -0.278. The second-order valence-corrected chi connectivity index (χ2v) is 17.4. The number of aliphatic hydroxyl groups is 1. The monoisotopic (exact) mass is 891 g/mol. The van der Waals surface area contributed by atoms with E-state index < -0.39 is 42.5 Å². The first-order valence-electron chi connectivity index (χ1n) is 22.7. The van der Waals surface area contributed by atoms with Gasteiger partial charge in [0.05, 0.1) is 43.1 Å². The largest absolute Gasteiger partial charge is 0.386 e. The van der Waals surface area contributed by atoms with Crippen LogP contribution in [0.2, 0.25) is 0 Å². The highest BCUT2D eigenvalue weighted by atomic mass is 16.7. The number of carbonyl (C=O) groups is 2. The number of aryl methyl sites for hydroxylation is 1. The Morgan fingerprint density at radius 3 is 1.82 bits per heavy atom. The number of carbonyl (C=O) groups excluding carboxylic acids is 2. The molecule has 336 valence electrons. The first-order valence-corrected chi connectivity index (χ1v) is 22.7. The van der Waals surface area contributed by atoms with E-state index in [0.717, 1.165) is 60.4 Å². The number of ether oxygens (including phenoxy) is 4. The lowest BCUT2D eigenvalue weighted by atomic mass is 9.94. The molecule has 2 aromatic heterocycles. The van der Waals surface area contributed by atoms with Crippen LogP contribution >= 0.6 is 0 Å². The number of aliphatic hydroxyl groups excluding tert-OH is 1. The van der Waals surface area contributed by atoms with Gasteiger partial charge < -0.3 is 33.6 Å². The van der Waals surface area contributed by atoms with Gasteiger partial charge in [-0.15, -0.1) is 5.06 Å². The average Bonchev–Trinajstić information content (AvgIpc) is 3.93. The molecule has 2 aliphatic heterocycles. The number of hydrogen-bond acceptors (Lipinski definition) is 8. The van der Waals surface area contributed by atoms with E-state index in [2.05, 4.69) is 4.98 Å². The van der Waals surface area contributed by atoms with Crippen molar-refractivity contribution in [2.75, 3.05) is 6.61 Å². The normalized spacial score (nSPS) is 20.3. The summed E-state index contributed by atoms with van der Waals surface area (Å²) in [6.07, 6.45) is -4.50. The van der Waals surface area contributed by atoms with Gasteiger partial charge in [0.2, 0.25) is 0 Å². The Hall–Kier alpha value is -6.96. The first kappa shape index (κ1) is 42.7. The van der Waals surface area contributed by atoms with Crippen LogP contribution in [-0.2, 0) is 66.2 Å². The number of fused-ring (bicyclic) bond motifs is 8. The van der Waals surface area contributed by atoms with Gasteiger partial charge in [-0.25, -0.2) is 0 Å². The van der Waals surface area contributed by atoms with E-state index in [-0.39, 0.29) is 44.0 Å². The third-order valence-electron chi connectivity index (χ3n) is 13.1. The number of hydroxylamine groups is 2. The molecule has 0 spiro atoms. The van der Waals surface area contributed by atoms with Crippen LogP contribution in [0.15, 0.2) is 164 Å². The van der Waals surface area contributed by atoms with E-state index in [1.54, 1.807) is 0 Å². The Bertz CT molecular complexity index is 3110. The maximum absolute atomic E-state index is 15.1. The molecule has 3 aliphatic rings. The minimum absolute atomic E-state index is 0.0149. The number of hydrogen-bond donors (Lipinski definition) is 2. The minimum Gasteiger partial charge on any atom is -0.386 e. The number of para-hydroxylation sites is 1. The van der Waals surface area contributed by atoms with Gasteiger partial charge in [0.25, 0.3) is 11.8 Å². The molecule has 0 saturated carbocycles. The maximum atomic E-state index is 15.1. The highest BCUT2D eigenvalue weighted by Gasteiger charge is 2.51. The standard InChI is InChI=1S/C56H49N3O8/c1-35-17-16-28-43-46(35)48-44(29-42-47(40-26-14-15-27-41(40)57-42)49-50(48)55(62)59(54(49)61)66-33-39-24-12-5-13-25-39)58(43)56-51(60)53(65-32-38-22-10-4-11-23-38)52(64-31-37-20-8-3-9-21-37)45(67-56)34-63-30-36-18-6-2-7-19-36/h2-28,45,51-53,56-57,60H,29-34H2,1H3/t45-,51-,52-,53-,56-/m1/s1. The minimum atomic E-state index is -1.29. The molecule has 0 bridgehead atoms. The van der Waals surface area contributed by atoms with Crippen LogP contribution in [0.25, 0.3) is 33.0 Å². The Kier molecular flexibility index (Phi) is 11.7. The Labute approximate surface area is 387 Å². The molecule has 6 aromatic carbocycles. The predicted molar refractivity (Wildman–Crippen MR) is 254 cm³/mol. The fraction of sp³-hybridized carbons (Fsp3) is 0.214. The molecule has 5 atom stereocenters. The zero-order valence-corrected chi connectivity index (χ0v) is 36.9. The summed E-state index contributed by atoms with van der Waals surface area (Å²) in [6, 6.07) is 52.9. The number of imide groups is 1. The van der Waals surface area contributed by atoms with Crippen LogP contribution in [0.5, 0.6) is 0 Å². The molecule has 2 N–H and O–H groups in total. The quantitative estimate of drug-likeness (QED) is 0.104. The third kappa shape index (κ3) is 7.99. The summed E-state index contributed by atoms with van der Waals surface area (Å²) in [5.41, 5.74) is 9.31. The molecular formula is C56H49N3O8. The van der Waals surface area contributed by atoms with Crippen LogP contribution < -0.4 is 0 Å². The summed E-state index contributed by atoms with van der Waals surface area (Å²) in [6.45, 7) is 2.90. The molecular weight excluding hydrogens is 843 g/mol. The van der Waals surface area contributed by atoms with E-state index in [1.807, 2.05) is 175 Å². The van der Waals surface area contributed by atoms with E-state index in [1.165, 1.54) is 0 Å². The molecule has 4 heterocycles. The van der Waals surface area contributed by atoms with Crippen molar-refractivity contribution in [1.82, 2.24) is 14.6 Å². The number of aromatic nitrogens is 2. The third-order valence-corrected chi connectivity index (χ3v) is 13.1. The molecule has 1 saturated heterocycles. The van der Waals surface area contributed by atoms with Crippen LogP contribution in [0, 0.1) is 6.92 Å². The predicted octanol–water partition coefficient (Wildman–Crippen LogP) is 9.39. The SMILES string of the molecule is Cc1cccc2c1c1c(n2[C@@H]2O[C@H](COCc3ccccc3)[C@@H](OCc3ccccc3)[C@H](OCc3ccccc3)[C@H]2O)Cc2[nH]c3ccccc3c2C2=C1C(=O)N(OCc1ccccc1)C2=O. The van der Waals surface area contributed by atoms with Gasteiger partial charge in [0.15, 0.2) is 6.23 Å². The highest BCUT2D eigenvalue weighted by Crippen LogP contribution is 2.50. The van der Waals surface area contributed by atoms with Crippen molar-refractivity contribution in [2.45, 2.75) is 70.4 Å². The first-order chi connectivity index (χ1) is 32.9. The molecule has 1 aliphatic carbocycles. The second kappa shape index (κ2) is 18.4.